The Hall–Kier alpha value is -0.703. The Balaban J connectivity index is 1.69. The van der Waals surface area contributed by atoms with E-state index in [0.717, 1.165) is 12.6 Å². The van der Waals surface area contributed by atoms with Gasteiger partial charge in [-0.2, -0.15) is 0 Å². The van der Waals surface area contributed by atoms with Gasteiger partial charge in [-0.15, -0.1) is 0 Å². The van der Waals surface area contributed by atoms with Crippen LogP contribution >= 0.6 is 18.9 Å². The highest BCUT2D eigenvalue weighted by atomic mass is 35.7. The Morgan fingerprint density at radius 1 is 1.08 bits per heavy atom. The Bertz CT molecular complexity index is 647. The second-order valence-electron chi connectivity index (χ2n) is 7.01. The van der Waals surface area contributed by atoms with Gasteiger partial charge < -0.3 is 4.52 Å². The molecule has 0 aromatic heterocycles. The molecule has 3 atom stereocenters. The number of benzene rings is 2. The fourth-order valence-electron chi connectivity index (χ4n) is 4.18. The minimum Gasteiger partial charge on any atom is -0.327 e. The fourth-order valence-corrected chi connectivity index (χ4v) is 10.4. The Morgan fingerprint density at radius 3 is 2.25 bits per heavy atom. The quantitative estimate of drug-likeness (QED) is 0.586. The van der Waals surface area contributed by atoms with Crippen molar-refractivity contribution >= 4 is 37.3 Å². The zero-order chi connectivity index (χ0) is 16.6. The van der Waals surface area contributed by atoms with E-state index in [0.29, 0.717) is 6.04 Å². The molecule has 0 N–H and O–H groups in total. The van der Waals surface area contributed by atoms with Crippen molar-refractivity contribution in [3.05, 3.63) is 60.7 Å². The lowest BCUT2D eigenvalue weighted by molar-refractivity contribution is 0.231. The topological polar surface area (TPSA) is 12.5 Å². The first-order valence-corrected chi connectivity index (χ1v) is 13.5. The number of hydrogen-bond donors (Lipinski definition) is 0. The van der Waals surface area contributed by atoms with Gasteiger partial charge in [0, 0.05) is 12.6 Å². The van der Waals surface area contributed by atoms with E-state index in [4.69, 9.17) is 15.8 Å². The van der Waals surface area contributed by atoms with Crippen molar-refractivity contribution in [2.24, 2.45) is 0 Å². The molecule has 0 saturated carbocycles. The largest absolute Gasteiger partial charge is 0.327 e. The summed E-state index contributed by atoms with van der Waals surface area (Å²) < 4.78 is 8.67. The van der Waals surface area contributed by atoms with Gasteiger partial charge in [-0.05, 0) is 30.1 Å². The molecule has 2 aromatic rings. The number of nitrogens with zero attached hydrogens (tertiary/aromatic N) is 1. The maximum Gasteiger partial charge on any atom is 0.207 e. The van der Waals surface area contributed by atoms with Crippen LogP contribution in [0, 0.1) is 0 Å². The molecule has 0 aliphatic carbocycles. The number of fused-ring (bicyclic) bond motifs is 1. The summed E-state index contributed by atoms with van der Waals surface area (Å²) in [4.78, 5) is 0. The van der Waals surface area contributed by atoms with Crippen molar-refractivity contribution in [2.75, 3.05) is 6.54 Å². The molecule has 0 amide bonds. The van der Waals surface area contributed by atoms with Crippen molar-refractivity contribution in [1.82, 2.24) is 4.67 Å². The van der Waals surface area contributed by atoms with Crippen LogP contribution in [0.2, 0.25) is 12.6 Å². The summed E-state index contributed by atoms with van der Waals surface area (Å²) >= 11 is 6.51. The normalized spacial score (nSPS) is 27.3. The molecule has 2 fully saturated rings. The molecule has 2 aliphatic heterocycles. The van der Waals surface area contributed by atoms with E-state index in [2.05, 4.69) is 71.9 Å². The number of halogens is 1. The molecule has 4 rings (SSSR count). The van der Waals surface area contributed by atoms with Crippen LogP contribution in [0.3, 0.4) is 0 Å². The first-order chi connectivity index (χ1) is 11.7. The van der Waals surface area contributed by atoms with E-state index < -0.39 is 15.7 Å². The molecule has 0 bridgehead atoms. The van der Waals surface area contributed by atoms with E-state index in [1.807, 2.05) is 0 Å². The molecule has 2 heterocycles. The van der Waals surface area contributed by atoms with E-state index in [-0.39, 0.29) is 6.10 Å². The molecule has 2 aromatic carbocycles. The van der Waals surface area contributed by atoms with Gasteiger partial charge in [0.15, 0.2) is 0 Å². The second-order valence-corrected chi connectivity index (χ2v) is 13.3. The Labute approximate surface area is 151 Å². The first-order valence-electron chi connectivity index (χ1n) is 8.69. The van der Waals surface area contributed by atoms with Crippen molar-refractivity contribution in [2.45, 2.75) is 37.6 Å². The van der Waals surface area contributed by atoms with Crippen LogP contribution in [0.5, 0.6) is 0 Å². The minimum atomic E-state index is -1.86. The minimum absolute atomic E-state index is 0.271. The van der Waals surface area contributed by atoms with Crippen molar-refractivity contribution in [3.63, 3.8) is 0 Å². The lowest BCUT2D eigenvalue weighted by atomic mass is 10.1. The molecule has 2 nitrogen and oxygen atoms in total. The summed E-state index contributed by atoms with van der Waals surface area (Å²) in [7, 11) is -2.76. The van der Waals surface area contributed by atoms with E-state index in [1.165, 1.54) is 23.2 Å². The second kappa shape index (κ2) is 6.90. The molecule has 0 spiro atoms. The first kappa shape index (κ1) is 16.7. The standard InChI is InChI=1S/C19H23ClNOPSi/c1-24(16-9-4-2-5-10-16,17-11-6-3-7-12-17)15-19-18-13-8-14-21(18)23(20)22-19/h2-7,9-12,18-19H,8,13-15H2,1H3/t18-,19+,23+/m0/s1. The summed E-state index contributed by atoms with van der Waals surface area (Å²) in [5.41, 5.74) is 0. The lowest BCUT2D eigenvalue weighted by Gasteiger charge is -2.32. The van der Waals surface area contributed by atoms with Crippen molar-refractivity contribution < 1.29 is 4.52 Å². The van der Waals surface area contributed by atoms with Crippen molar-refractivity contribution in [1.29, 1.82) is 0 Å². The van der Waals surface area contributed by atoms with E-state index >= 15 is 0 Å². The Morgan fingerprint density at radius 2 is 1.67 bits per heavy atom. The van der Waals surface area contributed by atoms with Gasteiger partial charge in [0.2, 0.25) is 7.65 Å². The zero-order valence-electron chi connectivity index (χ0n) is 13.9. The van der Waals surface area contributed by atoms with Gasteiger partial charge in [0.25, 0.3) is 0 Å². The van der Waals surface area contributed by atoms with Gasteiger partial charge in [0.05, 0.1) is 6.10 Å². The number of hydrogen-bond acceptors (Lipinski definition) is 2. The maximum absolute atomic E-state index is 6.51. The third-order valence-electron chi connectivity index (χ3n) is 5.55. The van der Waals surface area contributed by atoms with Crippen LogP contribution in [-0.2, 0) is 4.52 Å². The molecule has 24 heavy (non-hydrogen) atoms. The summed E-state index contributed by atoms with van der Waals surface area (Å²) in [6.07, 6.45) is 2.75. The molecule has 0 unspecified atom stereocenters. The third kappa shape index (κ3) is 2.98. The van der Waals surface area contributed by atoms with Crippen LogP contribution in [0.1, 0.15) is 12.8 Å². The SMILES string of the molecule is C[Si](C[C@H]1O[P@](Cl)N2CCC[C@@H]12)(c1ccccc1)c1ccccc1. The lowest BCUT2D eigenvalue weighted by Crippen LogP contribution is -2.58. The maximum atomic E-state index is 6.51. The van der Waals surface area contributed by atoms with E-state index in [9.17, 15) is 0 Å². The monoisotopic (exact) mass is 375 g/mol. The fraction of sp³-hybridized carbons (Fsp3) is 0.368. The van der Waals surface area contributed by atoms with E-state index in [1.54, 1.807) is 0 Å². The molecular formula is C19H23ClNOPSi. The average Bonchev–Trinajstić information content (AvgIpc) is 3.22. The predicted molar refractivity (Wildman–Crippen MR) is 106 cm³/mol. The molecule has 2 saturated heterocycles. The van der Waals surface area contributed by atoms with Crippen molar-refractivity contribution in [3.8, 4) is 0 Å². The number of rotatable bonds is 4. The molecule has 0 radical (unpaired) electrons. The average molecular weight is 376 g/mol. The van der Waals surface area contributed by atoms with Gasteiger partial charge in [-0.25, -0.2) is 4.67 Å². The van der Waals surface area contributed by atoms with Gasteiger partial charge in [-0.1, -0.05) is 77.6 Å². The van der Waals surface area contributed by atoms with Crippen LogP contribution in [0.4, 0.5) is 0 Å². The molecule has 126 valence electrons. The molecular weight excluding hydrogens is 353 g/mol. The predicted octanol–water partition coefficient (Wildman–Crippen LogP) is 4.21. The van der Waals surface area contributed by atoms with Crippen LogP contribution < -0.4 is 10.4 Å². The zero-order valence-corrected chi connectivity index (χ0v) is 16.6. The van der Waals surface area contributed by atoms with Gasteiger partial charge in [0.1, 0.15) is 8.07 Å². The van der Waals surface area contributed by atoms with Crippen LogP contribution in [-0.4, -0.2) is 31.4 Å². The van der Waals surface area contributed by atoms with Crippen LogP contribution in [0.25, 0.3) is 0 Å². The third-order valence-corrected chi connectivity index (χ3v) is 12.2. The summed E-state index contributed by atoms with van der Waals surface area (Å²) in [6, 6.07) is 23.7. The van der Waals surface area contributed by atoms with Gasteiger partial charge >= 0.3 is 0 Å². The van der Waals surface area contributed by atoms with Crippen LogP contribution in [0.15, 0.2) is 60.7 Å². The summed E-state index contributed by atoms with van der Waals surface area (Å²) in [5, 5.41) is 2.96. The summed E-state index contributed by atoms with van der Waals surface area (Å²) in [6.45, 7) is 3.58. The molecule has 2 aliphatic rings. The molecule has 5 heteroatoms. The highest BCUT2D eigenvalue weighted by Crippen LogP contribution is 2.59. The summed E-state index contributed by atoms with van der Waals surface area (Å²) in [5.74, 6) is 0. The van der Waals surface area contributed by atoms with Gasteiger partial charge in [-0.3, -0.25) is 0 Å². The smallest absolute Gasteiger partial charge is 0.207 e. The highest BCUT2D eigenvalue weighted by Gasteiger charge is 2.48. The Kier molecular flexibility index (Phi) is 4.81. The highest BCUT2D eigenvalue weighted by molar-refractivity contribution is 7.78.